The summed E-state index contributed by atoms with van der Waals surface area (Å²) in [5.74, 6) is -9.59. The number of hydrogen-bond donors (Lipinski definition) is 4. The van der Waals surface area contributed by atoms with Crippen molar-refractivity contribution in [3.8, 4) is 5.75 Å². The number of ketones is 3. The van der Waals surface area contributed by atoms with Crippen LogP contribution in [0.1, 0.15) is 41.6 Å². The summed E-state index contributed by atoms with van der Waals surface area (Å²) in [6, 6.07) is -0.501. The van der Waals surface area contributed by atoms with Gasteiger partial charge < -0.3 is 21.3 Å². The number of nitrogens with one attached hydrogen (secondary N) is 1. The van der Waals surface area contributed by atoms with E-state index in [0.717, 1.165) is 12.5 Å². The van der Waals surface area contributed by atoms with Crippen LogP contribution < -0.4 is 11.1 Å². The van der Waals surface area contributed by atoms with Crippen molar-refractivity contribution in [3.63, 3.8) is 0 Å². The molecule has 2 saturated carbocycles. The fourth-order valence-electron chi connectivity index (χ4n) is 7.29. The summed E-state index contributed by atoms with van der Waals surface area (Å²) in [4.78, 5) is 68.9. The van der Waals surface area contributed by atoms with Crippen LogP contribution in [-0.2, 0) is 25.6 Å². The molecule has 1 aliphatic heterocycles. The van der Waals surface area contributed by atoms with Crippen molar-refractivity contribution in [1.29, 1.82) is 0 Å². The van der Waals surface area contributed by atoms with Crippen molar-refractivity contribution in [2.75, 3.05) is 33.0 Å². The van der Waals surface area contributed by atoms with Crippen LogP contribution in [0.2, 0.25) is 0 Å². The lowest BCUT2D eigenvalue weighted by Gasteiger charge is -2.53. The van der Waals surface area contributed by atoms with Crippen LogP contribution >= 0.6 is 0 Å². The predicted molar refractivity (Wildman–Crippen MR) is 135 cm³/mol. The largest absolute Gasteiger partial charge is 0.505 e. The van der Waals surface area contributed by atoms with Crippen molar-refractivity contribution in [1.82, 2.24) is 9.80 Å². The highest BCUT2D eigenvalue weighted by Gasteiger charge is 2.64. The SMILES string of the molecule is CN(C)C1C(=O)C(C(N)=O)C[C@@]2(O)C(=O)C3C(=O)c4c(O)c(NC(=O)[C@@H]5CCCN5C)cc(F)c4C[C@H]3C[C@@H]12. The number of fused-ring (bicyclic) bond motifs is 3. The van der Waals surface area contributed by atoms with E-state index < -0.39 is 94.1 Å². The van der Waals surface area contributed by atoms with Gasteiger partial charge in [-0.25, -0.2) is 4.39 Å². The Kier molecular flexibility index (Phi) is 6.63. The van der Waals surface area contributed by atoms with E-state index in [9.17, 15) is 34.2 Å². The number of aromatic hydroxyl groups is 1. The number of anilines is 1. The van der Waals surface area contributed by atoms with E-state index in [1.807, 2.05) is 4.90 Å². The van der Waals surface area contributed by atoms with E-state index in [1.54, 1.807) is 21.1 Å². The van der Waals surface area contributed by atoms with Gasteiger partial charge in [0.1, 0.15) is 23.1 Å². The minimum Gasteiger partial charge on any atom is -0.505 e. The first-order valence-electron chi connectivity index (χ1n) is 13.1. The van der Waals surface area contributed by atoms with Gasteiger partial charge in [0.05, 0.1) is 29.3 Å². The second kappa shape index (κ2) is 9.46. The maximum absolute atomic E-state index is 15.4. The smallest absolute Gasteiger partial charge is 0.241 e. The molecule has 2 amide bonds. The Morgan fingerprint density at radius 2 is 1.95 bits per heavy atom. The van der Waals surface area contributed by atoms with E-state index in [0.29, 0.717) is 13.0 Å². The van der Waals surface area contributed by atoms with Crippen molar-refractivity contribution < 1.29 is 38.6 Å². The van der Waals surface area contributed by atoms with Gasteiger partial charge in [-0.1, -0.05) is 0 Å². The van der Waals surface area contributed by atoms with Crippen LogP contribution in [0.3, 0.4) is 0 Å². The lowest BCUT2D eigenvalue weighted by Crippen LogP contribution is -2.69. The molecule has 4 aliphatic rings. The highest BCUT2D eigenvalue weighted by Crippen LogP contribution is 2.52. The van der Waals surface area contributed by atoms with Gasteiger partial charge in [0.25, 0.3) is 0 Å². The number of carbonyl (C=O) groups excluding carboxylic acids is 5. The molecule has 0 bridgehead atoms. The first-order chi connectivity index (χ1) is 18.3. The zero-order chi connectivity index (χ0) is 28.5. The Bertz CT molecular complexity index is 1300. The molecule has 1 aromatic rings. The number of benzene rings is 1. The average Bonchev–Trinajstić information content (AvgIpc) is 3.29. The summed E-state index contributed by atoms with van der Waals surface area (Å²) < 4.78 is 15.4. The summed E-state index contributed by atoms with van der Waals surface area (Å²) in [7, 11) is 4.95. The molecule has 12 heteroatoms. The van der Waals surface area contributed by atoms with Crippen molar-refractivity contribution >= 4 is 34.9 Å². The van der Waals surface area contributed by atoms with Gasteiger partial charge in [-0.2, -0.15) is 0 Å². The Labute approximate surface area is 224 Å². The van der Waals surface area contributed by atoms with Crippen molar-refractivity contribution in [2.24, 2.45) is 29.4 Å². The molecule has 5 N–H and O–H groups in total. The molecule has 3 unspecified atom stereocenters. The summed E-state index contributed by atoms with van der Waals surface area (Å²) >= 11 is 0. The summed E-state index contributed by atoms with van der Waals surface area (Å²) in [5, 5.41) is 25.2. The maximum Gasteiger partial charge on any atom is 0.241 e. The Hall–Kier alpha value is -3.22. The third-order valence-corrected chi connectivity index (χ3v) is 9.21. The van der Waals surface area contributed by atoms with E-state index in [2.05, 4.69) is 5.32 Å². The average molecular weight is 545 g/mol. The number of likely N-dealkylation sites (N-methyl/N-ethyl adjacent to an activating group) is 2. The summed E-state index contributed by atoms with van der Waals surface area (Å²) in [5.41, 5.74) is 2.50. The third-order valence-electron chi connectivity index (χ3n) is 9.21. The number of rotatable bonds is 4. The highest BCUT2D eigenvalue weighted by molar-refractivity contribution is 6.18. The fraction of sp³-hybridized carbons (Fsp3) is 0.593. The topological polar surface area (TPSA) is 170 Å². The molecule has 39 heavy (non-hydrogen) atoms. The molecule has 11 nitrogen and oxygen atoms in total. The minimum absolute atomic E-state index is 0.0465. The van der Waals surface area contributed by atoms with Crippen LogP contribution in [0.15, 0.2) is 6.07 Å². The molecule has 0 spiro atoms. The molecular formula is C27H33FN4O7. The monoisotopic (exact) mass is 544 g/mol. The van der Waals surface area contributed by atoms with E-state index >= 15 is 4.39 Å². The molecule has 1 heterocycles. The van der Waals surface area contributed by atoms with Gasteiger partial charge in [0, 0.05) is 24.0 Å². The van der Waals surface area contributed by atoms with Crippen LogP contribution in [0, 0.1) is 29.5 Å². The quantitative estimate of drug-likeness (QED) is 0.298. The Morgan fingerprint density at radius 3 is 2.54 bits per heavy atom. The van der Waals surface area contributed by atoms with Crippen LogP contribution in [0.5, 0.6) is 5.75 Å². The molecule has 210 valence electrons. The number of aliphatic hydroxyl groups is 1. The molecule has 7 atom stereocenters. The van der Waals surface area contributed by atoms with Crippen molar-refractivity contribution in [2.45, 2.75) is 49.8 Å². The Morgan fingerprint density at radius 1 is 1.26 bits per heavy atom. The summed E-state index contributed by atoms with van der Waals surface area (Å²) in [6.07, 6.45) is 0.824. The van der Waals surface area contributed by atoms with Crippen LogP contribution in [-0.4, -0.2) is 94.5 Å². The molecule has 0 aromatic heterocycles. The minimum atomic E-state index is -2.19. The second-order valence-electron chi connectivity index (χ2n) is 11.6. The number of phenols is 1. The first kappa shape index (κ1) is 27.4. The van der Waals surface area contributed by atoms with Gasteiger partial charge in [-0.3, -0.25) is 33.8 Å². The number of primary amides is 1. The number of likely N-dealkylation sites (tertiary alicyclic amines) is 1. The second-order valence-corrected chi connectivity index (χ2v) is 11.6. The number of nitrogens with two attached hydrogens (primary N) is 1. The number of nitrogens with zero attached hydrogens (tertiary/aromatic N) is 2. The lowest BCUT2D eigenvalue weighted by atomic mass is 9.53. The standard InChI is InChI=1S/C27H33FN4O7/c1-31(2)20-14-8-11-7-12-15(28)9-16(30-26(38)17-5-4-6-32(17)3)22(34)19(12)23(35)18(11)24(36)27(14,39)10-13(21(20)33)25(29)37/h9,11,13-14,17-18,20,34,39H,4-8,10H2,1-3H3,(H2,29,37)(H,30,38)/t11-,13?,14-,17-,18?,20?,27-/m0/s1. The molecule has 5 rings (SSSR count). The van der Waals surface area contributed by atoms with Gasteiger partial charge in [0.2, 0.25) is 11.8 Å². The fourth-order valence-corrected chi connectivity index (χ4v) is 7.29. The molecule has 0 radical (unpaired) electrons. The maximum atomic E-state index is 15.4. The van der Waals surface area contributed by atoms with Gasteiger partial charge in [-0.15, -0.1) is 0 Å². The number of hydrogen-bond acceptors (Lipinski definition) is 9. The van der Waals surface area contributed by atoms with Crippen LogP contribution in [0.25, 0.3) is 0 Å². The molecule has 1 saturated heterocycles. The van der Waals surface area contributed by atoms with Gasteiger partial charge >= 0.3 is 0 Å². The number of phenolic OH excluding ortho intramolecular Hbond substituents is 1. The van der Waals surface area contributed by atoms with Crippen molar-refractivity contribution in [3.05, 3.63) is 23.0 Å². The molecule has 3 aliphatic carbocycles. The number of Topliss-reactive ketones (excluding diaryl/α,β-unsaturated/α-hetero) is 3. The van der Waals surface area contributed by atoms with Gasteiger partial charge in [-0.05, 0) is 59.3 Å². The normalized spacial score (nSPS) is 34.5. The number of halogens is 1. The molecular weight excluding hydrogens is 511 g/mol. The number of amides is 2. The van der Waals surface area contributed by atoms with Crippen LogP contribution in [0.4, 0.5) is 10.1 Å². The third kappa shape index (κ3) is 4.07. The zero-order valence-corrected chi connectivity index (χ0v) is 22.1. The predicted octanol–water partition coefficient (Wildman–Crippen LogP) is -0.140. The van der Waals surface area contributed by atoms with E-state index in [1.165, 1.54) is 4.90 Å². The van der Waals surface area contributed by atoms with Gasteiger partial charge in [0.15, 0.2) is 17.3 Å². The first-order valence-corrected chi connectivity index (χ1v) is 13.1. The summed E-state index contributed by atoms with van der Waals surface area (Å²) in [6.45, 7) is 0.715. The number of carbonyl (C=O) groups is 5. The molecule has 1 aromatic carbocycles. The lowest BCUT2D eigenvalue weighted by molar-refractivity contribution is -0.176. The Balaban J connectivity index is 1.53. The van der Waals surface area contributed by atoms with E-state index in [-0.39, 0.29) is 24.1 Å². The molecule has 3 fully saturated rings. The zero-order valence-electron chi connectivity index (χ0n) is 22.1. The highest BCUT2D eigenvalue weighted by atomic mass is 19.1. The van der Waals surface area contributed by atoms with E-state index in [4.69, 9.17) is 5.73 Å².